The lowest BCUT2D eigenvalue weighted by Crippen LogP contribution is -2.10. The monoisotopic (exact) mass is 251 g/mol. The Balaban J connectivity index is 2.42. The van der Waals surface area contributed by atoms with Crippen LogP contribution >= 0.6 is 11.6 Å². The van der Waals surface area contributed by atoms with Crippen molar-refractivity contribution in [3.8, 4) is 0 Å². The molecule has 0 aliphatic heterocycles. The lowest BCUT2D eigenvalue weighted by Gasteiger charge is -2.04. The van der Waals surface area contributed by atoms with Crippen LogP contribution in [0.3, 0.4) is 0 Å². The van der Waals surface area contributed by atoms with Gasteiger partial charge in [0.05, 0.1) is 24.2 Å². The summed E-state index contributed by atoms with van der Waals surface area (Å²) in [6.07, 6.45) is 1.66. The van der Waals surface area contributed by atoms with Crippen molar-refractivity contribution in [2.24, 2.45) is 0 Å². The van der Waals surface area contributed by atoms with Crippen molar-refractivity contribution < 1.29 is 9.53 Å². The maximum Gasteiger partial charge on any atom is 0.311 e. The maximum atomic E-state index is 11.4. The third-order valence-corrected chi connectivity index (χ3v) is 2.29. The van der Waals surface area contributed by atoms with E-state index in [1.165, 1.54) is 0 Å². The van der Waals surface area contributed by atoms with E-state index in [0.29, 0.717) is 23.3 Å². The van der Waals surface area contributed by atoms with Crippen LogP contribution in [-0.4, -0.2) is 27.5 Å². The molecular weight excluding hydrogens is 242 g/mol. The van der Waals surface area contributed by atoms with E-state index in [0.717, 1.165) is 0 Å². The molecule has 0 fully saturated rings. The average molecular weight is 252 g/mol. The van der Waals surface area contributed by atoms with Gasteiger partial charge >= 0.3 is 5.97 Å². The molecule has 0 amide bonds. The third kappa shape index (κ3) is 2.68. The number of hydrogen-bond donors (Lipinski definition) is 0. The van der Waals surface area contributed by atoms with Crippen LogP contribution in [0.4, 0.5) is 0 Å². The van der Waals surface area contributed by atoms with Crippen LogP contribution in [-0.2, 0) is 16.0 Å². The van der Waals surface area contributed by atoms with Crippen LogP contribution in [0.2, 0.25) is 5.28 Å². The number of ether oxygens (including phenoxy) is 1. The Bertz CT molecular complexity index is 559. The number of halogens is 1. The first-order chi connectivity index (χ1) is 8.20. The molecule has 2 aromatic heterocycles. The summed E-state index contributed by atoms with van der Waals surface area (Å²) in [6.45, 7) is 2.09. The molecule has 0 unspecified atom stereocenters. The molecule has 2 rings (SSSR count). The van der Waals surface area contributed by atoms with Gasteiger partial charge in [-0.25, -0.2) is 9.97 Å². The van der Waals surface area contributed by atoms with E-state index in [1.807, 2.05) is 0 Å². The van der Waals surface area contributed by atoms with E-state index < -0.39 is 0 Å². The van der Waals surface area contributed by atoms with Gasteiger partial charge < -0.3 is 4.74 Å². The molecule has 88 valence electrons. The summed E-state index contributed by atoms with van der Waals surface area (Å²) in [5.74, 6) is -0.353. The van der Waals surface area contributed by atoms with Crippen LogP contribution in [0, 0.1) is 0 Å². The molecule has 5 nitrogen and oxygen atoms in total. The number of aromatic nitrogens is 3. The smallest absolute Gasteiger partial charge is 0.311 e. The fourth-order valence-corrected chi connectivity index (χ4v) is 1.66. The molecular formula is C11H10ClN3O2. The highest BCUT2D eigenvalue weighted by atomic mass is 35.5. The molecule has 2 heterocycles. The normalized spacial score (nSPS) is 10.5. The first-order valence-corrected chi connectivity index (χ1v) is 5.51. The molecule has 6 heteroatoms. The molecule has 0 aliphatic rings. The largest absolute Gasteiger partial charge is 0.466 e. The number of carbonyl (C=O) groups is 1. The Kier molecular flexibility index (Phi) is 3.49. The van der Waals surface area contributed by atoms with Crippen LogP contribution in [0.1, 0.15) is 12.6 Å². The first kappa shape index (κ1) is 11.7. The van der Waals surface area contributed by atoms with E-state index in [4.69, 9.17) is 16.3 Å². The van der Waals surface area contributed by atoms with Gasteiger partial charge in [-0.15, -0.1) is 0 Å². The molecule has 2 aromatic rings. The Morgan fingerprint density at radius 3 is 3.06 bits per heavy atom. The van der Waals surface area contributed by atoms with Crippen molar-refractivity contribution >= 4 is 28.6 Å². The van der Waals surface area contributed by atoms with Crippen molar-refractivity contribution in [3.05, 3.63) is 29.3 Å². The Hall–Kier alpha value is -1.75. The molecule has 0 atom stereocenters. The third-order valence-electron chi connectivity index (χ3n) is 2.12. The van der Waals surface area contributed by atoms with Crippen LogP contribution < -0.4 is 0 Å². The van der Waals surface area contributed by atoms with Crippen molar-refractivity contribution in [1.82, 2.24) is 15.0 Å². The molecule has 17 heavy (non-hydrogen) atoms. The summed E-state index contributed by atoms with van der Waals surface area (Å²) in [5.41, 5.74) is 1.68. The predicted molar refractivity (Wildman–Crippen MR) is 62.7 cm³/mol. The topological polar surface area (TPSA) is 65.0 Å². The number of rotatable bonds is 3. The van der Waals surface area contributed by atoms with Crippen molar-refractivity contribution in [1.29, 1.82) is 0 Å². The van der Waals surface area contributed by atoms with Gasteiger partial charge in [0, 0.05) is 6.20 Å². The van der Waals surface area contributed by atoms with Crippen molar-refractivity contribution in [3.63, 3.8) is 0 Å². The Labute approximate surface area is 103 Å². The fourth-order valence-electron chi connectivity index (χ4n) is 1.47. The van der Waals surface area contributed by atoms with Gasteiger partial charge in [0.1, 0.15) is 5.52 Å². The quantitative estimate of drug-likeness (QED) is 0.615. The number of esters is 1. The van der Waals surface area contributed by atoms with Crippen LogP contribution in [0.5, 0.6) is 0 Å². The molecule has 0 saturated carbocycles. The van der Waals surface area contributed by atoms with Gasteiger partial charge in [0.25, 0.3) is 0 Å². The minimum absolute atomic E-state index is 0.0452. The number of carbonyl (C=O) groups excluding carboxylic acids is 1. The second-order valence-electron chi connectivity index (χ2n) is 3.29. The van der Waals surface area contributed by atoms with Gasteiger partial charge in [-0.2, -0.15) is 0 Å². The van der Waals surface area contributed by atoms with E-state index >= 15 is 0 Å². The first-order valence-electron chi connectivity index (χ1n) is 5.13. The zero-order chi connectivity index (χ0) is 12.3. The number of pyridine rings is 1. The summed E-state index contributed by atoms with van der Waals surface area (Å²) in [4.78, 5) is 23.6. The number of fused-ring (bicyclic) bond motifs is 1. The van der Waals surface area contributed by atoms with Crippen molar-refractivity contribution in [2.75, 3.05) is 6.61 Å². The van der Waals surface area contributed by atoms with Crippen molar-refractivity contribution in [2.45, 2.75) is 13.3 Å². The summed E-state index contributed by atoms with van der Waals surface area (Å²) in [6, 6.07) is 3.52. The van der Waals surface area contributed by atoms with Gasteiger partial charge in [0.15, 0.2) is 0 Å². The molecule has 0 N–H and O–H groups in total. The standard InChI is InChI=1S/C11H10ClN3O2/c1-2-17-9(16)6-8-10-7(4-3-5-13-10)14-11(12)15-8/h3-5H,2,6H2,1H3. The highest BCUT2D eigenvalue weighted by molar-refractivity contribution is 6.28. The number of hydrogen-bond acceptors (Lipinski definition) is 5. The molecule has 0 bridgehead atoms. The van der Waals surface area contributed by atoms with Gasteiger partial charge in [-0.3, -0.25) is 9.78 Å². The second kappa shape index (κ2) is 5.05. The van der Waals surface area contributed by atoms with Crippen LogP contribution in [0.25, 0.3) is 11.0 Å². The lowest BCUT2D eigenvalue weighted by molar-refractivity contribution is -0.142. The maximum absolute atomic E-state index is 11.4. The SMILES string of the molecule is CCOC(=O)Cc1nc(Cl)nc2cccnc12. The van der Waals surface area contributed by atoms with Gasteiger partial charge in [-0.05, 0) is 30.7 Å². The van der Waals surface area contributed by atoms with Gasteiger partial charge in [-0.1, -0.05) is 0 Å². The Morgan fingerprint density at radius 2 is 2.29 bits per heavy atom. The Morgan fingerprint density at radius 1 is 1.47 bits per heavy atom. The number of nitrogens with zero attached hydrogens (tertiary/aromatic N) is 3. The summed E-state index contributed by atoms with van der Waals surface area (Å²) in [5, 5.41) is 0.102. The lowest BCUT2D eigenvalue weighted by atomic mass is 10.2. The van der Waals surface area contributed by atoms with Crippen LogP contribution in [0.15, 0.2) is 18.3 Å². The molecule has 0 saturated heterocycles. The second-order valence-corrected chi connectivity index (χ2v) is 3.63. The molecule has 0 spiro atoms. The fraction of sp³-hybridized carbons (Fsp3) is 0.273. The predicted octanol–water partition coefficient (Wildman–Crippen LogP) is 1.78. The highest BCUT2D eigenvalue weighted by Crippen LogP contribution is 2.15. The van der Waals surface area contributed by atoms with E-state index in [-0.39, 0.29) is 17.7 Å². The minimum Gasteiger partial charge on any atom is -0.466 e. The minimum atomic E-state index is -0.353. The van der Waals surface area contributed by atoms with E-state index in [9.17, 15) is 4.79 Å². The van der Waals surface area contributed by atoms with Gasteiger partial charge in [0.2, 0.25) is 5.28 Å². The average Bonchev–Trinajstić information content (AvgIpc) is 2.29. The molecule has 0 aromatic carbocycles. The van der Waals surface area contributed by atoms with E-state index in [1.54, 1.807) is 25.3 Å². The summed E-state index contributed by atoms with van der Waals surface area (Å²) in [7, 11) is 0. The summed E-state index contributed by atoms with van der Waals surface area (Å²) >= 11 is 5.78. The molecule has 0 radical (unpaired) electrons. The molecule has 0 aliphatic carbocycles. The van der Waals surface area contributed by atoms with E-state index in [2.05, 4.69) is 15.0 Å². The zero-order valence-corrected chi connectivity index (χ0v) is 9.94. The summed E-state index contributed by atoms with van der Waals surface area (Å²) < 4.78 is 4.86. The highest BCUT2D eigenvalue weighted by Gasteiger charge is 2.12. The zero-order valence-electron chi connectivity index (χ0n) is 9.18.